The first-order valence-electron chi connectivity index (χ1n) is 7.45. The van der Waals surface area contributed by atoms with Crippen molar-refractivity contribution in [3.63, 3.8) is 0 Å². The number of carbonyl (C=O) groups excluding carboxylic acids is 1. The van der Waals surface area contributed by atoms with Crippen LogP contribution in [0.25, 0.3) is 0 Å². The minimum Gasteiger partial charge on any atom is -0.469 e. The second-order valence-electron chi connectivity index (χ2n) is 6.09. The highest BCUT2D eigenvalue weighted by Gasteiger charge is 2.49. The average molecular weight is 284 g/mol. The van der Waals surface area contributed by atoms with E-state index in [2.05, 4.69) is 18.0 Å². The molecule has 4 heteroatoms. The zero-order valence-corrected chi connectivity index (χ0v) is 12.5. The monoisotopic (exact) mass is 284 g/mol. The Kier molecular flexibility index (Phi) is 3.69. The molecule has 110 valence electrons. The van der Waals surface area contributed by atoms with Crippen LogP contribution in [0.1, 0.15) is 36.3 Å². The Labute approximate surface area is 125 Å². The van der Waals surface area contributed by atoms with Crippen molar-refractivity contribution < 1.29 is 9.53 Å². The number of nitrogens with zero attached hydrogens (tertiary/aromatic N) is 2. The maximum Gasteiger partial charge on any atom is 0.310 e. The molecule has 2 bridgehead atoms. The van der Waals surface area contributed by atoms with Gasteiger partial charge in [0.1, 0.15) is 0 Å². The number of esters is 1. The van der Waals surface area contributed by atoms with Crippen LogP contribution in [0.4, 0.5) is 0 Å². The topological polar surface area (TPSA) is 53.3 Å². The SMILES string of the molecule is COC(=O)C1C2CC[C@H](C[C@@H]1c1ccc(C#N)cc1)N2C. The molecule has 0 N–H and O–H groups in total. The lowest BCUT2D eigenvalue weighted by Gasteiger charge is -2.41. The molecule has 0 saturated carbocycles. The van der Waals surface area contributed by atoms with Crippen molar-refractivity contribution in [2.45, 2.75) is 37.3 Å². The summed E-state index contributed by atoms with van der Waals surface area (Å²) in [5.74, 6) is -0.0212. The van der Waals surface area contributed by atoms with Crippen LogP contribution in [0.3, 0.4) is 0 Å². The number of hydrogen-bond acceptors (Lipinski definition) is 4. The van der Waals surface area contributed by atoms with Crippen molar-refractivity contribution in [1.29, 1.82) is 5.26 Å². The number of benzene rings is 1. The molecule has 4 nitrogen and oxygen atoms in total. The molecule has 4 atom stereocenters. The number of methoxy groups -OCH3 is 1. The fourth-order valence-electron chi connectivity index (χ4n) is 4.07. The van der Waals surface area contributed by atoms with Crippen molar-refractivity contribution in [1.82, 2.24) is 4.90 Å². The number of rotatable bonds is 2. The molecule has 2 aliphatic heterocycles. The first-order valence-corrected chi connectivity index (χ1v) is 7.45. The van der Waals surface area contributed by atoms with Gasteiger partial charge in [-0.2, -0.15) is 5.26 Å². The van der Waals surface area contributed by atoms with Gasteiger partial charge in [-0.3, -0.25) is 9.69 Å². The Morgan fingerprint density at radius 2 is 2.05 bits per heavy atom. The molecule has 0 radical (unpaired) electrons. The van der Waals surface area contributed by atoms with Crippen molar-refractivity contribution in [2.75, 3.05) is 14.2 Å². The Morgan fingerprint density at radius 3 is 2.67 bits per heavy atom. The largest absolute Gasteiger partial charge is 0.469 e. The van der Waals surface area contributed by atoms with Crippen molar-refractivity contribution in [2.24, 2.45) is 5.92 Å². The minimum absolute atomic E-state index is 0.105. The first-order chi connectivity index (χ1) is 10.2. The van der Waals surface area contributed by atoms with Gasteiger partial charge < -0.3 is 4.74 Å². The van der Waals surface area contributed by atoms with Crippen LogP contribution in [0.15, 0.2) is 24.3 Å². The molecule has 0 spiro atoms. The van der Waals surface area contributed by atoms with Gasteiger partial charge in [0.25, 0.3) is 0 Å². The van der Waals surface area contributed by atoms with Gasteiger partial charge in [-0.1, -0.05) is 12.1 Å². The minimum atomic E-state index is -0.110. The van der Waals surface area contributed by atoms with E-state index in [0.717, 1.165) is 24.8 Å². The fourth-order valence-corrected chi connectivity index (χ4v) is 4.07. The van der Waals surface area contributed by atoms with E-state index in [-0.39, 0.29) is 23.8 Å². The number of fused-ring (bicyclic) bond motifs is 2. The van der Waals surface area contributed by atoms with Gasteiger partial charge in [0.05, 0.1) is 24.7 Å². The number of ether oxygens (including phenoxy) is 1. The summed E-state index contributed by atoms with van der Waals surface area (Å²) in [7, 11) is 3.59. The lowest BCUT2D eigenvalue weighted by Crippen LogP contribution is -2.49. The van der Waals surface area contributed by atoms with E-state index in [4.69, 9.17) is 10.00 Å². The molecular formula is C17H20N2O2. The quantitative estimate of drug-likeness (QED) is 0.782. The Morgan fingerprint density at radius 1 is 1.33 bits per heavy atom. The Hall–Kier alpha value is -1.86. The van der Waals surface area contributed by atoms with Gasteiger partial charge >= 0.3 is 5.97 Å². The van der Waals surface area contributed by atoms with E-state index >= 15 is 0 Å². The molecule has 0 aliphatic carbocycles. The van der Waals surface area contributed by atoms with Crippen molar-refractivity contribution in [3.8, 4) is 6.07 Å². The van der Waals surface area contributed by atoms with E-state index in [0.29, 0.717) is 11.6 Å². The van der Waals surface area contributed by atoms with E-state index in [1.807, 2.05) is 24.3 Å². The van der Waals surface area contributed by atoms with Gasteiger partial charge in [-0.05, 0) is 44.0 Å². The molecule has 2 saturated heterocycles. The maximum absolute atomic E-state index is 12.3. The predicted octanol–water partition coefficient (Wildman–Crippen LogP) is 2.30. The summed E-state index contributed by atoms with van der Waals surface area (Å²) in [5, 5.41) is 8.92. The van der Waals surface area contributed by atoms with E-state index in [1.54, 1.807) is 0 Å². The van der Waals surface area contributed by atoms with Crippen molar-refractivity contribution in [3.05, 3.63) is 35.4 Å². The first kappa shape index (κ1) is 14.1. The molecule has 0 amide bonds. The number of nitriles is 1. The van der Waals surface area contributed by atoms with Gasteiger partial charge in [0.2, 0.25) is 0 Å². The average Bonchev–Trinajstić information content (AvgIpc) is 2.76. The van der Waals surface area contributed by atoms with Crippen LogP contribution in [-0.4, -0.2) is 37.1 Å². The van der Waals surface area contributed by atoms with Crippen LogP contribution in [-0.2, 0) is 9.53 Å². The second kappa shape index (κ2) is 5.50. The van der Waals surface area contributed by atoms with Gasteiger partial charge in [-0.25, -0.2) is 0 Å². The summed E-state index contributed by atoms with van der Waals surface area (Å²) < 4.78 is 5.07. The lowest BCUT2D eigenvalue weighted by atomic mass is 9.76. The molecule has 3 rings (SSSR count). The Balaban J connectivity index is 1.95. The standard InChI is InChI=1S/C17H20N2O2/c1-19-13-7-8-15(19)16(17(20)21-2)14(9-13)12-5-3-11(10-18)4-6-12/h3-6,13-16H,7-9H2,1-2H3/t13-,14-,15?,16?/m1/s1. The van der Waals surface area contributed by atoms with E-state index in [9.17, 15) is 4.79 Å². The lowest BCUT2D eigenvalue weighted by molar-refractivity contribution is -0.150. The molecular weight excluding hydrogens is 264 g/mol. The second-order valence-corrected chi connectivity index (χ2v) is 6.09. The zero-order valence-electron chi connectivity index (χ0n) is 12.5. The zero-order chi connectivity index (χ0) is 15.0. The number of hydrogen-bond donors (Lipinski definition) is 0. The molecule has 2 heterocycles. The predicted molar refractivity (Wildman–Crippen MR) is 78.6 cm³/mol. The highest BCUT2D eigenvalue weighted by atomic mass is 16.5. The normalized spacial score (nSPS) is 31.7. The van der Waals surface area contributed by atoms with Crippen LogP contribution < -0.4 is 0 Å². The third kappa shape index (κ3) is 2.32. The van der Waals surface area contributed by atoms with Crippen LogP contribution in [0, 0.1) is 17.2 Å². The molecule has 21 heavy (non-hydrogen) atoms. The summed E-state index contributed by atoms with van der Waals surface area (Å²) >= 11 is 0. The number of carbonyl (C=O) groups is 1. The molecule has 1 aromatic carbocycles. The van der Waals surface area contributed by atoms with Gasteiger partial charge in [0, 0.05) is 18.0 Å². The summed E-state index contributed by atoms with van der Waals surface area (Å²) in [5.41, 5.74) is 1.80. The highest BCUT2D eigenvalue weighted by Crippen LogP contribution is 2.46. The molecule has 2 aliphatic rings. The smallest absolute Gasteiger partial charge is 0.310 e. The van der Waals surface area contributed by atoms with E-state index in [1.165, 1.54) is 7.11 Å². The van der Waals surface area contributed by atoms with Gasteiger partial charge in [-0.15, -0.1) is 0 Å². The maximum atomic E-state index is 12.3. The molecule has 1 aromatic rings. The summed E-state index contributed by atoms with van der Waals surface area (Å²) in [6, 6.07) is 10.6. The third-order valence-electron chi connectivity index (χ3n) is 5.21. The van der Waals surface area contributed by atoms with Crippen LogP contribution in [0.5, 0.6) is 0 Å². The summed E-state index contributed by atoms with van der Waals surface area (Å²) in [6.07, 6.45) is 3.20. The molecule has 2 fully saturated rings. The molecule has 2 unspecified atom stereocenters. The summed E-state index contributed by atoms with van der Waals surface area (Å²) in [6.45, 7) is 0. The van der Waals surface area contributed by atoms with Crippen LogP contribution >= 0.6 is 0 Å². The number of piperidine rings is 1. The fraction of sp³-hybridized carbons (Fsp3) is 0.529. The van der Waals surface area contributed by atoms with Gasteiger partial charge in [0.15, 0.2) is 0 Å². The Bertz CT molecular complexity index is 575. The van der Waals surface area contributed by atoms with E-state index < -0.39 is 0 Å². The molecule has 0 aromatic heterocycles. The van der Waals surface area contributed by atoms with Crippen molar-refractivity contribution >= 4 is 5.97 Å². The van der Waals surface area contributed by atoms with Crippen LogP contribution in [0.2, 0.25) is 0 Å². The summed E-state index contributed by atoms with van der Waals surface area (Å²) in [4.78, 5) is 14.7. The third-order valence-corrected chi connectivity index (χ3v) is 5.21. The highest BCUT2D eigenvalue weighted by molar-refractivity contribution is 5.75.